The van der Waals surface area contributed by atoms with E-state index in [1.165, 1.54) is 6.21 Å². The van der Waals surface area contributed by atoms with Crippen molar-refractivity contribution in [1.29, 1.82) is 0 Å². The molecule has 0 saturated heterocycles. The summed E-state index contributed by atoms with van der Waals surface area (Å²) < 4.78 is 4.99. The Bertz CT molecular complexity index is 413. The van der Waals surface area contributed by atoms with E-state index in [1.54, 1.807) is 19.2 Å². The second kappa shape index (κ2) is 3.21. The average Bonchev–Trinajstić information content (AvgIpc) is 2.23. The quantitative estimate of drug-likeness (QED) is 0.674. The minimum atomic E-state index is -0.224. The van der Waals surface area contributed by atoms with Crippen LogP contribution in [-0.4, -0.2) is 24.1 Å². The van der Waals surface area contributed by atoms with Crippen LogP contribution in [0.5, 0.6) is 5.88 Å². The molecule has 1 atom stereocenters. The van der Waals surface area contributed by atoms with Gasteiger partial charge in [-0.25, -0.2) is 4.98 Å². The first-order valence-electron chi connectivity index (χ1n) is 4.35. The van der Waals surface area contributed by atoms with Gasteiger partial charge in [0.25, 0.3) is 0 Å². The Morgan fingerprint density at radius 2 is 2.21 bits per heavy atom. The number of hydrogen-bond donors (Lipinski definition) is 0. The van der Waals surface area contributed by atoms with Crippen LogP contribution >= 0.6 is 0 Å². The molecule has 2 heterocycles. The van der Waals surface area contributed by atoms with Gasteiger partial charge in [-0.1, -0.05) is 0 Å². The predicted octanol–water partition coefficient (Wildman–Crippen LogP) is 1.48. The van der Waals surface area contributed by atoms with Gasteiger partial charge in [0, 0.05) is 6.07 Å². The highest BCUT2D eigenvalue weighted by Crippen LogP contribution is 2.30. The number of ether oxygens (including phenoxy) is 1. The van der Waals surface area contributed by atoms with Gasteiger partial charge in [-0.05, 0) is 13.0 Å². The monoisotopic (exact) mass is 190 g/mol. The first kappa shape index (κ1) is 8.87. The van der Waals surface area contributed by atoms with E-state index in [0.29, 0.717) is 11.6 Å². The summed E-state index contributed by atoms with van der Waals surface area (Å²) >= 11 is 0. The van der Waals surface area contributed by atoms with Crippen LogP contribution in [0.2, 0.25) is 0 Å². The molecule has 0 bridgehead atoms. The third-order valence-electron chi connectivity index (χ3n) is 2.25. The highest BCUT2D eigenvalue weighted by molar-refractivity contribution is 6.31. The molecule has 14 heavy (non-hydrogen) atoms. The second-order valence-corrected chi connectivity index (χ2v) is 3.14. The maximum Gasteiger partial charge on any atom is 0.213 e. The van der Waals surface area contributed by atoms with Crippen molar-refractivity contribution in [3.8, 4) is 5.88 Å². The van der Waals surface area contributed by atoms with E-state index in [0.717, 1.165) is 5.69 Å². The summed E-state index contributed by atoms with van der Waals surface area (Å²) in [6.45, 7) is 1.82. The Labute approximate surface area is 81.6 Å². The maximum absolute atomic E-state index is 11.3. The third kappa shape index (κ3) is 1.28. The van der Waals surface area contributed by atoms with Crippen LogP contribution in [-0.2, 0) is 4.79 Å². The molecule has 4 nitrogen and oxygen atoms in total. The third-order valence-corrected chi connectivity index (χ3v) is 2.25. The van der Waals surface area contributed by atoms with Crippen LogP contribution in [0.1, 0.15) is 18.5 Å². The summed E-state index contributed by atoms with van der Waals surface area (Å²) in [4.78, 5) is 19.5. The largest absolute Gasteiger partial charge is 0.481 e. The number of carbonyl (C=O) groups is 1. The Hall–Kier alpha value is -1.71. The van der Waals surface area contributed by atoms with E-state index < -0.39 is 0 Å². The molecule has 1 aromatic rings. The van der Waals surface area contributed by atoms with E-state index in [9.17, 15) is 4.79 Å². The number of carbonyl (C=O) groups excluding carboxylic acids is 1. The standard InChI is InChI=1S/C10H10N2O2/c1-6-8(13)5-11-7-3-4-9(14-2)12-10(6)7/h3-6H,1-2H3. The molecule has 1 aliphatic heterocycles. The molecule has 1 aliphatic rings. The molecule has 0 aromatic carbocycles. The lowest BCUT2D eigenvalue weighted by Crippen LogP contribution is -2.15. The van der Waals surface area contributed by atoms with Crippen LogP contribution in [0.4, 0.5) is 5.69 Å². The maximum atomic E-state index is 11.3. The average molecular weight is 190 g/mol. The van der Waals surface area contributed by atoms with E-state index in [4.69, 9.17) is 4.74 Å². The van der Waals surface area contributed by atoms with Crippen molar-refractivity contribution in [3.63, 3.8) is 0 Å². The number of methoxy groups -OCH3 is 1. The van der Waals surface area contributed by atoms with Crippen molar-refractivity contribution >= 4 is 17.7 Å². The van der Waals surface area contributed by atoms with Crippen molar-refractivity contribution in [2.45, 2.75) is 12.8 Å². The van der Waals surface area contributed by atoms with Gasteiger partial charge in [-0.2, -0.15) is 0 Å². The molecule has 0 saturated carbocycles. The summed E-state index contributed by atoms with van der Waals surface area (Å²) in [5.41, 5.74) is 1.44. The Kier molecular flexibility index (Phi) is 2.04. The Balaban J connectivity index is 2.53. The fraction of sp³-hybridized carbons (Fsp3) is 0.300. The summed E-state index contributed by atoms with van der Waals surface area (Å²) in [5.74, 6) is 0.274. The molecular weight excluding hydrogens is 180 g/mol. The summed E-state index contributed by atoms with van der Waals surface area (Å²) in [6, 6.07) is 3.54. The molecule has 4 heteroatoms. The molecule has 0 N–H and O–H groups in total. The van der Waals surface area contributed by atoms with Crippen molar-refractivity contribution in [2.24, 2.45) is 4.99 Å². The van der Waals surface area contributed by atoms with Crippen LogP contribution in [0.25, 0.3) is 0 Å². The first-order chi connectivity index (χ1) is 6.72. The summed E-state index contributed by atoms with van der Waals surface area (Å²) in [6.07, 6.45) is 1.35. The molecule has 0 spiro atoms. The minimum absolute atomic E-state index is 0.0155. The Morgan fingerprint density at radius 1 is 1.43 bits per heavy atom. The SMILES string of the molecule is COc1ccc2c(n1)C(C)C(=O)C=N2. The van der Waals surface area contributed by atoms with Crippen LogP contribution in [0.15, 0.2) is 17.1 Å². The number of ketones is 1. The molecule has 1 aromatic heterocycles. The Morgan fingerprint density at radius 3 is 2.93 bits per heavy atom. The zero-order valence-electron chi connectivity index (χ0n) is 8.02. The number of pyridine rings is 1. The fourth-order valence-electron chi connectivity index (χ4n) is 1.37. The number of nitrogens with zero attached hydrogens (tertiary/aromatic N) is 2. The predicted molar refractivity (Wildman–Crippen MR) is 52.4 cm³/mol. The lowest BCUT2D eigenvalue weighted by molar-refractivity contribution is -0.113. The number of aliphatic imine (C=N–C) groups is 1. The van der Waals surface area contributed by atoms with Crippen molar-refractivity contribution in [1.82, 2.24) is 4.98 Å². The topological polar surface area (TPSA) is 51.5 Å². The normalized spacial score (nSPS) is 19.3. The fourth-order valence-corrected chi connectivity index (χ4v) is 1.37. The van der Waals surface area contributed by atoms with Crippen LogP contribution < -0.4 is 4.74 Å². The number of hydrogen-bond acceptors (Lipinski definition) is 4. The van der Waals surface area contributed by atoms with Gasteiger partial charge >= 0.3 is 0 Å². The molecule has 0 amide bonds. The molecule has 1 unspecified atom stereocenters. The zero-order chi connectivity index (χ0) is 10.1. The van der Waals surface area contributed by atoms with Gasteiger partial charge in [-0.3, -0.25) is 9.79 Å². The number of rotatable bonds is 1. The molecule has 2 rings (SSSR count). The van der Waals surface area contributed by atoms with Gasteiger partial charge in [-0.15, -0.1) is 0 Å². The first-order valence-corrected chi connectivity index (χ1v) is 4.35. The van der Waals surface area contributed by atoms with E-state index >= 15 is 0 Å². The molecule has 0 fully saturated rings. The van der Waals surface area contributed by atoms with E-state index in [2.05, 4.69) is 9.98 Å². The molecule has 72 valence electrons. The lowest BCUT2D eigenvalue weighted by Gasteiger charge is -2.14. The van der Waals surface area contributed by atoms with Gasteiger partial charge in [0.05, 0.1) is 30.6 Å². The van der Waals surface area contributed by atoms with Gasteiger partial charge in [0.2, 0.25) is 5.88 Å². The minimum Gasteiger partial charge on any atom is -0.481 e. The number of aromatic nitrogens is 1. The second-order valence-electron chi connectivity index (χ2n) is 3.14. The number of fused-ring (bicyclic) bond motifs is 1. The van der Waals surface area contributed by atoms with Crippen molar-refractivity contribution in [2.75, 3.05) is 7.11 Å². The molecule has 0 aliphatic carbocycles. The molecule has 0 radical (unpaired) electrons. The highest BCUT2D eigenvalue weighted by atomic mass is 16.5. The number of Topliss-reactive ketones (excluding diaryl/α,β-unsaturated/α-hetero) is 1. The van der Waals surface area contributed by atoms with Crippen LogP contribution in [0, 0.1) is 0 Å². The zero-order valence-corrected chi connectivity index (χ0v) is 8.02. The van der Waals surface area contributed by atoms with Crippen molar-refractivity contribution in [3.05, 3.63) is 17.8 Å². The van der Waals surface area contributed by atoms with Crippen LogP contribution in [0.3, 0.4) is 0 Å². The summed E-state index contributed by atoms with van der Waals surface area (Å²) in [7, 11) is 1.55. The van der Waals surface area contributed by atoms with Gasteiger partial charge in [0.1, 0.15) is 0 Å². The van der Waals surface area contributed by atoms with Gasteiger partial charge in [0.15, 0.2) is 5.78 Å². The lowest BCUT2D eigenvalue weighted by atomic mass is 9.99. The molecular formula is C10H10N2O2. The van der Waals surface area contributed by atoms with E-state index in [1.807, 2.05) is 6.92 Å². The van der Waals surface area contributed by atoms with Gasteiger partial charge < -0.3 is 4.74 Å². The highest BCUT2D eigenvalue weighted by Gasteiger charge is 2.22. The van der Waals surface area contributed by atoms with Crippen molar-refractivity contribution < 1.29 is 9.53 Å². The van der Waals surface area contributed by atoms with E-state index in [-0.39, 0.29) is 11.7 Å². The summed E-state index contributed by atoms with van der Waals surface area (Å²) in [5, 5.41) is 0. The smallest absolute Gasteiger partial charge is 0.213 e.